The number of nitrogens with zero attached hydrogens (tertiary/aromatic N) is 1. The molecule has 0 aromatic heterocycles. The molecule has 172 valence electrons. The third-order valence-corrected chi connectivity index (χ3v) is 5.40. The Morgan fingerprint density at radius 3 is 2.65 bits per heavy atom. The first kappa shape index (κ1) is 24.4. The standard InChI is InChI=1S/C21H30FN3O6/c1-4-5-7-14(18(22)20(27)24-29)21(28)25-11-6-8-16(25)19(26)23-15-12-13(30-2)9-10-17(15)31-3/h9-10,12,14,16,18,29H,4-8,11H2,1-3H3,(H,23,26)(H,24,27). The summed E-state index contributed by atoms with van der Waals surface area (Å²) in [5.41, 5.74) is 1.65. The topological polar surface area (TPSA) is 117 Å². The first-order valence-electron chi connectivity index (χ1n) is 10.3. The maximum Gasteiger partial charge on any atom is 0.278 e. The van der Waals surface area contributed by atoms with E-state index < -0.39 is 35.9 Å². The van der Waals surface area contributed by atoms with Gasteiger partial charge in [0.25, 0.3) is 5.91 Å². The second kappa shape index (κ2) is 11.5. The van der Waals surface area contributed by atoms with Gasteiger partial charge in [0.2, 0.25) is 11.8 Å². The molecule has 9 nitrogen and oxygen atoms in total. The number of halogens is 1. The van der Waals surface area contributed by atoms with Gasteiger partial charge in [-0.05, 0) is 31.4 Å². The molecule has 3 atom stereocenters. The summed E-state index contributed by atoms with van der Waals surface area (Å²) in [5.74, 6) is -2.64. The van der Waals surface area contributed by atoms with Crippen molar-refractivity contribution in [2.45, 2.75) is 51.2 Å². The van der Waals surface area contributed by atoms with E-state index in [1.54, 1.807) is 18.2 Å². The normalized spacial score (nSPS) is 17.6. The van der Waals surface area contributed by atoms with Crippen LogP contribution in [-0.2, 0) is 14.4 Å². The number of rotatable bonds is 10. The molecule has 2 rings (SSSR count). The highest BCUT2D eigenvalue weighted by molar-refractivity contribution is 5.99. The van der Waals surface area contributed by atoms with E-state index in [4.69, 9.17) is 14.7 Å². The summed E-state index contributed by atoms with van der Waals surface area (Å²) >= 11 is 0. The Hall–Kier alpha value is -2.88. The highest BCUT2D eigenvalue weighted by Gasteiger charge is 2.41. The number of nitrogens with one attached hydrogen (secondary N) is 2. The zero-order valence-corrected chi connectivity index (χ0v) is 18.0. The molecular weight excluding hydrogens is 409 g/mol. The van der Waals surface area contributed by atoms with Crippen LogP contribution in [0, 0.1) is 5.92 Å². The Kier molecular flexibility index (Phi) is 9.04. The number of likely N-dealkylation sites (tertiary alicyclic amines) is 1. The van der Waals surface area contributed by atoms with Crippen molar-refractivity contribution in [3.63, 3.8) is 0 Å². The molecule has 0 bridgehead atoms. The van der Waals surface area contributed by atoms with E-state index in [0.717, 1.165) is 0 Å². The minimum absolute atomic E-state index is 0.137. The number of hydrogen-bond acceptors (Lipinski definition) is 6. The second-order valence-electron chi connectivity index (χ2n) is 7.37. The number of alkyl halides is 1. The molecule has 1 aromatic rings. The van der Waals surface area contributed by atoms with Gasteiger partial charge in [0.15, 0.2) is 6.17 Å². The van der Waals surface area contributed by atoms with Gasteiger partial charge in [-0.15, -0.1) is 0 Å². The van der Waals surface area contributed by atoms with Crippen molar-refractivity contribution >= 4 is 23.4 Å². The molecule has 0 radical (unpaired) electrons. The van der Waals surface area contributed by atoms with Gasteiger partial charge in [-0.3, -0.25) is 19.6 Å². The van der Waals surface area contributed by atoms with Crippen LogP contribution in [0.25, 0.3) is 0 Å². The van der Waals surface area contributed by atoms with Gasteiger partial charge in [0, 0.05) is 12.6 Å². The second-order valence-corrected chi connectivity index (χ2v) is 7.37. The van der Waals surface area contributed by atoms with Crippen molar-refractivity contribution in [3.05, 3.63) is 18.2 Å². The van der Waals surface area contributed by atoms with Gasteiger partial charge in [-0.25, -0.2) is 9.87 Å². The van der Waals surface area contributed by atoms with E-state index in [1.807, 2.05) is 6.92 Å². The van der Waals surface area contributed by atoms with Gasteiger partial charge in [-0.2, -0.15) is 0 Å². The van der Waals surface area contributed by atoms with Crippen LogP contribution < -0.4 is 20.3 Å². The summed E-state index contributed by atoms with van der Waals surface area (Å²) in [6.07, 6.45) is 0.152. The molecule has 1 aliphatic heterocycles. The molecule has 0 spiro atoms. The lowest BCUT2D eigenvalue weighted by molar-refractivity contribution is -0.148. The fraction of sp³-hybridized carbons (Fsp3) is 0.571. The van der Waals surface area contributed by atoms with Crippen LogP contribution in [0.3, 0.4) is 0 Å². The molecule has 3 unspecified atom stereocenters. The Balaban J connectivity index is 2.21. The summed E-state index contributed by atoms with van der Waals surface area (Å²) < 4.78 is 25.0. The summed E-state index contributed by atoms with van der Waals surface area (Å²) in [4.78, 5) is 39.0. The number of carbonyl (C=O) groups excluding carboxylic acids is 3. The highest BCUT2D eigenvalue weighted by atomic mass is 19.1. The van der Waals surface area contributed by atoms with Gasteiger partial charge >= 0.3 is 0 Å². The highest BCUT2D eigenvalue weighted by Crippen LogP contribution is 2.31. The number of methoxy groups -OCH3 is 2. The van der Waals surface area contributed by atoms with E-state index in [0.29, 0.717) is 42.9 Å². The Morgan fingerprint density at radius 1 is 1.29 bits per heavy atom. The van der Waals surface area contributed by atoms with Crippen LogP contribution in [0.4, 0.5) is 10.1 Å². The summed E-state index contributed by atoms with van der Waals surface area (Å²) in [5, 5.41) is 11.5. The van der Waals surface area contributed by atoms with E-state index in [1.165, 1.54) is 24.6 Å². The lowest BCUT2D eigenvalue weighted by Gasteiger charge is -2.29. The monoisotopic (exact) mass is 439 g/mol. The molecule has 1 aliphatic rings. The van der Waals surface area contributed by atoms with E-state index >= 15 is 0 Å². The van der Waals surface area contributed by atoms with Crippen molar-refractivity contribution in [2.24, 2.45) is 5.92 Å². The first-order valence-corrected chi connectivity index (χ1v) is 10.3. The number of carbonyl (C=O) groups is 3. The maximum absolute atomic E-state index is 14.6. The summed E-state index contributed by atoms with van der Waals surface area (Å²) in [6.45, 7) is 2.16. The van der Waals surface area contributed by atoms with Gasteiger partial charge < -0.3 is 19.7 Å². The molecule has 3 amide bonds. The van der Waals surface area contributed by atoms with Crippen LogP contribution >= 0.6 is 0 Å². The molecule has 0 aliphatic carbocycles. The average Bonchev–Trinajstić information content (AvgIpc) is 3.28. The van der Waals surface area contributed by atoms with Crippen molar-refractivity contribution in [3.8, 4) is 11.5 Å². The van der Waals surface area contributed by atoms with Gasteiger partial charge in [0.1, 0.15) is 17.5 Å². The summed E-state index contributed by atoms with van der Waals surface area (Å²) in [6, 6.07) is 4.13. The molecule has 31 heavy (non-hydrogen) atoms. The predicted molar refractivity (Wildman–Crippen MR) is 111 cm³/mol. The Morgan fingerprint density at radius 2 is 2.03 bits per heavy atom. The number of unbranched alkanes of at least 4 members (excludes halogenated alkanes) is 1. The van der Waals surface area contributed by atoms with E-state index in [9.17, 15) is 18.8 Å². The summed E-state index contributed by atoms with van der Waals surface area (Å²) in [7, 11) is 2.96. The first-order chi connectivity index (χ1) is 14.9. The smallest absolute Gasteiger partial charge is 0.278 e. The van der Waals surface area contributed by atoms with Crippen LogP contribution in [-0.4, -0.2) is 60.8 Å². The van der Waals surface area contributed by atoms with Crippen LogP contribution in [0.1, 0.15) is 39.0 Å². The average molecular weight is 439 g/mol. The molecule has 1 fully saturated rings. The largest absolute Gasteiger partial charge is 0.497 e. The van der Waals surface area contributed by atoms with Gasteiger partial charge in [0.05, 0.1) is 25.8 Å². The minimum atomic E-state index is -2.20. The van der Waals surface area contributed by atoms with Crippen molar-refractivity contribution < 1.29 is 33.5 Å². The molecule has 1 aromatic carbocycles. The number of hydrogen-bond donors (Lipinski definition) is 3. The fourth-order valence-corrected chi connectivity index (χ4v) is 3.71. The van der Waals surface area contributed by atoms with Gasteiger partial charge in [-0.1, -0.05) is 19.8 Å². The van der Waals surface area contributed by atoms with Crippen molar-refractivity contribution in [1.82, 2.24) is 10.4 Å². The molecule has 3 N–H and O–H groups in total. The predicted octanol–water partition coefficient (Wildman–Crippen LogP) is 2.28. The Bertz CT molecular complexity index is 790. The third-order valence-electron chi connectivity index (χ3n) is 5.40. The van der Waals surface area contributed by atoms with E-state index in [-0.39, 0.29) is 13.0 Å². The zero-order chi connectivity index (χ0) is 23.0. The zero-order valence-electron chi connectivity index (χ0n) is 18.0. The lowest BCUT2D eigenvalue weighted by Crippen LogP contribution is -2.49. The number of anilines is 1. The Labute approximate surface area is 180 Å². The lowest BCUT2D eigenvalue weighted by atomic mass is 9.94. The van der Waals surface area contributed by atoms with E-state index in [2.05, 4.69) is 5.32 Å². The minimum Gasteiger partial charge on any atom is -0.497 e. The molecule has 1 heterocycles. The van der Waals surface area contributed by atoms with Crippen LogP contribution in [0.5, 0.6) is 11.5 Å². The SMILES string of the molecule is CCCCC(C(=O)N1CCCC1C(=O)Nc1cc(OC)ccc1OC)C(F)C(=O)NO. The molecular formula is C21H30FN3O6. The van der Waals surface area contributed by atoms with Crippen molar-refractivity contribution in [2.75, 3.05) is 26.1 Å². The number of amides is 3. The number of benzene rings is 1. The fourth-order valence-electron chi connectivity index (χ4n) is 3.71. The third kappa shape index (κ3) is 5.84. The molecule has 10 heteroatoms. The maximum atomic E-state index is 14.6. The van der Waals surface area contributed by atoms with Crippen molar-refractivity contribution in [1.29, 1.82) is 0 Å². The van der Waals surface area contributed by atoms with Crippen LogP contribution in [0.2, 0.25) is 0 Å². The van der Waals surface area contributed by atoms with Crippen LogP contribution in [0.15, 0.2) is 18.2 Å². The molecule has 1 saturated heterocycles. The molecule has 0 saturated carbocycles. The number of hydroxylamine groups is 1. The number of ether oxygens (including phenoxy) is 2. The quantitative estimate of drug-likeness (QED) is 0.380.